The highest BCUT2D eigenvalue weighted by atomic mass is 19.4. The van der Waals surface area contributed by atoms with E-state index in [1.165, 1.54) is 55.6 Å². The Morgan fingerprint density at radius 1 is 0.667 bits per heavy atom. The maximum absolute atomic E-state index is 12.9. The standard InChI is InChI=1S/C31H23F6NO4/c1-41-29(40)27(18-19-2-4-20(5-3-19)21-6-10-23(11-7-21)30(32,33)34)38-28(39)22-8-14-25(15-9-22)42-26-16-12-24(13-17-26)31(35,36)37/h2-17,27H,18H2,1H3,(H,38,39)/t27-/m0/s1. The number of carbonyl (C=O) groups excluding carboxylic acids is 2. The summed E-state index contributed by atoms with van der Waals surface area (Å²) in [7, 11) is 1.18. The quantitative estimate of drug-likeness (QED) is 0.170. The van der Waals surface area contributed by atoms with Crippen LogP contribution in [0.2, 0.25) is 0 Å². The molecule has 1 atom stereocenters. The van der Waals surface area contributed by atoms with E-state index >= 15 is 0 Å². The van der Waals surface area contributed by atoms with E-state index in [9.17, 15) is 35.9 Å². The molecule has 0 bridgehead atoms. The van der Waals surface area contributed by atoms with Crippen molar-refractivity contribution >= 4 is 11.9 Å². The summed E-state index contributed by atoms with van der Waals surface area (Å²) in [6, 6.07) is 20.4. The summed E-state index contributed by atoms with van der Waals surface area (Å²) in [6.45, 7) is 0. The number of ether oxygens (including phenoxy) is 2. The predicted octanol–water partition coefficient (Wildman–Crippen LogP) is 7.70. The molecule has 4 rings (SSSR count). The molecule has 0 aliphatic carbocycles. The van der Waals surface area contributed by atoms with E-state index < -0.39 is 41.4 Å². The Morgan fingerprint density at radius 2 is 1.10 bits per heavy atom. The minimum atomic E-state index is -4.46. The third-order valence-electron chi connectivity index (χ3n) is 6.26. The molecule has 11 heteroatoms. The molecule has 5 nitrogen and oxygen atoms in total. The second-order valence-corrected chi connectivity index (χ2v) is 9.17. The fourth-order valence-corrected chi connectivity index (χ4v) is 4.02. The van der Waals surface area contributed by atoms with Crippen molar-refractivity contribution in [3.8, 4) is 22.6 Å². The maximum Gasteiger partial charge on any atom is 0.416 e. The van der Waals surface area contributed by atoms with Crippen molar-refractivity contribution in [2.24, 2.45) is 0 Å². The Balaban J connectivity index is 1.39. The molecule has 4 aromatic rings. The topological polar surface area (TPSA) is 64.6 Å². The fourth-order valence-electron chi connectivity index (χ4n) is 4.02. The highest BCUT2D eigenvalue weighted by molar-refractivity contribution is 5.97. The van der Waals surface area contributed by atoms with Gasteiger partial charge in [-0.1, -0.05) is 36.4 Å². The zero-order chi connectivity index (χ0) is 30.5. The lowest BCUT2D eigenvalue weighted by molar-refractivity contribution is -0.143. The number of carbonyl (C=O) groups is 2. The molecule has 0 unspecified atom stereocenters. The number of methoxy groups -OCH3 is 1. The Hall–Kier alpha value is -4.80. The van der Waals surface area contributed by atoms with Crippen LogP contribution in [0.1, 0.15) is 27.0 Å². The second kappa shape index (κ2) is 12.4. The molecule has 1 amide bonds. The number of rotatable bonds is 8. The second-order valence-electron chi connectivity index (χ2n) is 9.17. The number of hydrogen-bond acceptors (Lipinski definition) is 4. The molecule has 42 heavy (non-hydrogen) atoms. The molecular weight excluding hydrogens is 564 g/mol. The average Bonchev–Trinajstić information content (AvgIpc) is 2.96. The maximum atomic E-state index is 12.9. The van der Waals surface area contributed by atoms with Crippen LogP contribution in [0.15, 0.2) is 97.1 Å². The molecule has 0 fully saturated rings. The molecule has 0 aliphatic rings. The van der Waals surface area contributed by atoms with Crippen LogP contribution in [-0.2, 0) is 28.3 Å². The molecule has 218 valence electrons. The molecule has 1 N–H and O–H groups in total. The van der Waals surface area contributed by atoms with E-state index in [1.807, 2.05) is 0 Å². The first-order chi connectivity index (χ1) is 19.8. The first-order valence-electron chi connectivity index (χ1n) is 12.4. The van der Waals surface area contributed by atoms with Gasteiger partial charge in [0.25, 0.3) is 5.91 Å². The molecule has 0 saturated heterocycles. The van der Waals surface area contributed by atoms with Gasteiger partial charge < -0.3 is 14.8 Å². The van der Waals surface area contributed by atoms with Crippen molar-refractivity contribution < 1.29 is 45.4 Å². The van der Waals surface area contributed by atoms with Crippen molar-refractivity contribution in [2.45, 2.75) is 24.8 Å². The van der Waals surface area contributed by atoms with E-state index in [-0.39, 0.29) is 23.5 Å². The van der Waals surface area contributed by atoms with Gasteiger partial charge in [0.1, 0.15) is 17.5 Å². The fraction of sp³-hybridized carbons (Fsp3) is 0.161. The van der Waals surface area contributed by atoms with Gasteiger partial charge in [-0.25, -0.2) is 4.79 Å². The number of nitrogens with one attached hydrogen (secondary N) is 1. The molecule has 0 heterocycles. The summed E-state index contributed by atoms with van der Waals surface area (Å²) >= 11 is 0. The lowest BCUT2D eigenvalue weighted by atomic mass is 9.99. The third kappa shape index (κ3) is 7.68. The van der Waals surface area contributed by atoms with E-state index in [0.29, 0.717) is 16.7 Å². The van der Waals surface area contributed by atoms with Gasteiger partial charge in [0.05, 0.1) is 18.2 Å². The van der Waals surface area contributed by atoms with Crippen molar-refractivity contribution in [3.63, 3.8) is 0 Å². The normalized spacial score (nSPS) is 12.4. The molecule has 0 saturated carbocycles. The van der Waals surface area contributed by atoms with Crippen molar-refractivity contribution in [3.05, 3.63) is 119 Å². The van der Waals surface area contributed by atoms with Gasteiger partial charge in [-0.05, 0) is 77.4 Å². The van der Waals surface area contributed by atoms with Gasteiger partial charge in [-0.3, -0.25) is 4.79 Å². The lowest BCUT2D eigenvalue weighted by Crippen LogP contribution is -2.43. The van der Waals surface area contributed by atoms with E-state index in [4.69, 9.17) is 9.47 Å². The van der Waals surface area contributed by atoms with E-state index in [2.05, 4.69) is 5.32 Å². The summed E-state index contributed by atoms with van der Waals surface area (Å²) in [6.07, 6.45) is -8.81. The third-order valence-corrected chi connectivity index (χ3v) is 6.26. The molecular formula is C31H23F6NO4. The smallest absolute Gasteiger partial charge is 0.416 e. The Kier molecular flexibility index (Phi) is 8.89. The van der Waals surface area contributed by atoms with Gasteiger partial charge >= 0.3 is 18.3 Å². The number of benzene rings is 4. The average molecular weight is 588 g/mol. The van der Waals surface area contributed by atoms with Crippen LogP contribution >= 0.6 is 0 Å². The van der Waals surface area contributed by atoms with Crippen molar-refractivity contribution in [2.75, 3.05) is 7.11 Å². The van der Waals surface area contributed by atoms with E-state index in [0.717, 1.165) is 24.3 Å². The SMILES string of the molecule is COC(=O)[C@H](Cc1ccc(-c2ccc(C(F)(F)F)cc2)cc1)NC(=O)c1ccc(Oc2ccc(C(F)(F)F)cc2)cc1. The summed E-state index contributed by atoms with van der Waals surface area (Å²) < 4.78 is 87.1. The zero-order valence-electron chi connectivity index (χ0n) is 21.9. The first kappa shape index (κ1) is 30.2. The molecule has 0 radical (unpaired) electrons. The van der Waals surface area contributed by atoms with Gasteiger partial charge in [-0.2, -0.15) is 26.3 Å². The van der Waals surface area contributed by atoms with Gasteiger partial charge in [0.2, 0.25) is 0 Å². The summed E-state index contributed by atoms with van der Waals surface area (Å²) in [5, 5.41) is 2.62. The zero-order valence-corrected chi connectivity index (χ0v) is 21.9. The van der Waals surface area contributed by atoms with Crippen LogP contribution in [0, 0.1) is 0 Å². The van der Waals surface area contributed by atoms with Crippen LogP contribution < -0.4 is 10.1 Å². The lowest BCUT2D eigenvalue weighted by Gasteiger charge is -2.17. The van der Waals surface area contributed by atoms with Crippen LogP contribution in [0.25, 0.3) is 11.1 Å². The first-order valence-corrected chi connectivity index (χ1v) is 12.4. The van der Waals surface area contributed by atoms with Crippen molar-refractivity contribution in [1.82, 2.24) is 5.32 Å². The highest BCUT2D eigenvalue weighted by Gasteiger charge is 2.31. The molecule has 0 spiro atoms. The van der Waals surface area contributed by atoms with Crippen LogP contribution in [0.3, 0.4) is 0 Å². The van der Waals surface area contributed by atoms with Crippen LogP contribution in [-0.4, -0.2) is 25.0 Å². The predicted molar refractivity (Wildman–Crippen MR) is 142 cm³/mol. The van der Waals surface area contributed by atoms with Crippen LogP contribution in [0.4, 0.5) is 26.3 Å². The molecule has 4 aromatic carbocycles. The number of esters is 1. The minimum Gasteiger partial charge on any atom is -0.467 e. The molecule has 0 aliphatic heterocycles. The number of hydrogen-bond donors (Lipinski definition) is 1. The number of alkyl halides is 6. The monoisotopic (exact) mass is 587 g/mol. The highest BCUT2D eigenvalue weighted by Crippen LogP contribution is 2.32. The van der Waals surface area contributed by atoms with Gasteiger partial charge in [0.15, 0.2) is 0 Å². The van der Waals surface area contributed by atoms with Gasteiger partial charge in [-0.15, -0.1) is 0 Å². The largest absolute Gasteiger partial charge is 0.467 e. The van der Waals surface area contributed by atoms with Crippen LogP contribution in [0.5, 0.6) is 11.5 Å². The Morgan fingerprint density at radius 3 is 1.55 bits per heavy atom. The summed E-state index contributed by atoms with van der Waals surface area (Å²) in [5.74, 6) is -0.801. The molecule has 0 aromatic heterocycles. The van der Waals surface area contributed by atoms with Gasteiger partial charge in [0, 0.05) is 12.0 Å². The Labute approximate surface area is 236 Å². The number of halogens is 6. The minimum absolute atomic E-state index is 0.0841. The Bertz CT molecular complexity index is 1510. The van der Waals surface area contributed by atoms with E-state index in [1.54, 1.807) is 24.3 Å². The summed E-state index contributed by atoms with van der Waals surface area (Å²) in [5.41, 5.74) is 0.559. The summed E-state index contributed by atoms with van der Waals surface area (Å²) in [4.78, 5) is 25.3. The van der Waals surface area contributed by atoms with Crippen molar-refractivity contribution in [1.29, 1.82) is 0 Å². The number of amides is 1.